The number of hydrogen-bond acceptors (Lipinski definition) is 1. The van der Waals surface area contributed by atoms with Gasteiger partial charge < -0.3 is 0 Å². The quantitative estimate of drug-likeness (QED) is 0.213. The summed E-state index contributed by atoms with van der Waals surface area (Å²) in [5.74, 6) is 2.69. The lowest BCUT2D eigenvalue weighted by molar-refractivity contribution is -0.671. The van der Waals surface area contributed by atoms with Crippen LogP contribution >= 0.6 is 11.3 Å². The molecule has 186 valence electrons. The zero-order valence-electron chi connectivity index (χ0n) is 21.6. The molecule has 2 nitrogen and oxygen atoms in total. The Morgan fingerprint density at radius 1 is 0.757 bits per heavy atom. The number of imidazole rings is 1. The Bertz CT molecular complexity index is 1620. The standard InChI is InChI=1S/C34H35N2S/c1-3-11-23(12-4-1)28-21-30-32(27-17-9-10-18-29(27)37-30)31(24-13-5-2-6-14-24)33(28)36-20-19-35-22-25-15-7-8-16-26(25)34(35)36/h7-10,15-21,23-24H,1-6,11-14,22H2/q+1. The van der Waals surface area contributed by atoms with Crippen molar-refractivity contribution in [2.75, 3.05) is 0 Å². The number of hydrogen-bond donors (Lipinski definition) is 0. The third-order valence-corrected chi connectivity index (χ3v) is 10.6. The molecule has 0 bridgehead atoms. The molecule has 3 heteroatoms. The summed E-state index contributed by atoms with van der Waals surface area (Å²) in [6.45, 7) is 0.986. The van der Waals surface area contributed by atoms with Crippen LogP contribution in [0.2, 0.25) is 0 Å². The maximum Gasteiger partial charge on any atom is 0.294 e. The fourth-order valence-electron chi connectivity index (χ4n) is 7.79. The smallest absolute Gasteiger partial charge is 0.225 e. The third-order valence-electron chi connectivity index (χ3n) is 9.50. The van der Waals surface area contributed by atoms with Crippen molar-refractivity contribution in [1.82, 2.24) is 4.57 Å². The first-order chi connectivity index (χ1) is 18.4. The van der Waals surface area contributed by atoms with Crippen LogP contribution in [0.15, 0.2) is 67.0 Å². The summed E-state index contributed by atoms with van der Waals surface area (Å²) in [6.07, 6.45) is 18.3. The van der Waals surface area contributed by atoms with Crippen LogP contribution < -0.4 is 4.57 Å². The number of thiophene rings is 1. The van der Waals surface area contributed by atoms with Gasteiger partial charge in [0, 0.05) is 36.9 Å². The van der Waals surface area contributed by atoms with Gasteiger partial charge in [0.2, 0.25) is 0 Å². The van der Waals surface area contributed by atoms with Crippen molar-refractivity contribution in [3.63, 3.8) is 0 Å². The first-order valence-electron chi connectivity index (χ1n) is 14.5. The van der Waals surface area contributed by atoms with Crippen molar-refractivity contribution in [2.24, 2.45) is 0 Å². The Morgan fingerprint density at radius 3 is 2.32 bits per heavy atom. The maximum absolute atomic E-state index is 2.63. The molecular formula is C34H35N2S+. The molecule has 0 saturated heterocycles. The molecule has 2 fully saturated rings. The van der Waals surface area contributed by atoms with Gasteiger partial charge in [-0.2, -0.15) is 4.57 Å². The Hall–Kier alpha value is -2.91. The SMILES string of the molecule is c1ccc2c(c1)C[n+]1ccn(-c3c(C4CCCCC4)cc4sc5ccccc5c4c3C3CCCCC3)c1-2. The summed E-state index contributed by atoms with van der Waals surface area (Å²) in [5.41, 5.74) is 7.70. The first-order valence-corrected chi connectivity index (χ1v) is 15.4. The summed E-state index contributed by atoms with van der Waals surface area (Å²) in [4.78, 5) is 0. The predicted molar refractivity (Wildman–Crippen MR) is 155 cm³/mol. The van der Waals surface area contributed by atoms with Crippen LogP contribution in [0.5, 0.6) is 0 Å². The van der Waals surface area contributed by atoms with E-state index >= 15 is 0 Å². The molecule has 0 amide bonds. The molecular weight excluding hydrogens is 468 g/mol. The van der Waals surface area contributed by atoms with Crippen molar-refractivity contribution in [2.45, 2.75) is 82.6 Å². The van der Waals surface area contributed by atoms with Gasteiger partial charge in [-0.25, -0.2) is 4.57 Å². The van der Waals surface area contributed by atoms with Gasteiger partial charge in [-0.05, 0) is 55.7 Å². The van der Waals surface area contributed by atoms with Crippen LogP contribution in [-0.2, 0) is 6.54 Å². The topological polar surface area (TPSA) is 8.81 Å². The molecule has 5 aromatic rings. The molecule has 3 aromatic carbocycles. The van der Waals surface area contributed by atoms with E-state index in [9.17, 15) is 0 Å². The molecule has 2 aliphatic carbocycles. The summed E-state index contributed by atoms with van der Waals surface area (Å²) < 4.78 is 8.07. The second-order valence-electron chi connectivity index (χ2n) is 11.6. The van der Waals surface area contributed by atoms with Crippen LogP contribution in [0, 0.1) is 0 Å². The van der Waals surface area contributed by atoms with Crippen LogP contribution in [0.3, 0.4) is 0 Å². The number of fused-ring (bicyclic) bond motifs is 6. The van der Waals surface area contributed by atoms with Crippen LogP contribution in [0.25, 0.3) is 37.2 Å². The van der Waals surface area contributed by atoms with Gasteiger partial charge >= 0.3 is 0 Å². The molecule has 3 aliphatic rings. The van der Waals surface area contributed by atoms with Crippen molar-refractivity contribution >= 4 is 31.5 Å². The average molecular weight is 504 g/mol. The summed E-state index contributed by atoms with van der Waals surface area (Å²) >= 11 is 2.02. The number of aromatic nitrogens is 2. The first kappa shape index (κ1) is 22.1. The summed E-state index contributed by atoms with van der Waals surface area (Å²) in [7, 11) is 0. The molecule has 2 saturated carbocycles. The van der Waals surface area contributed by atoms with Crippen molar-refractivity contribution in [1.29, 1.82) is 0 Å². The van der Waals surface area contributed by atoms with Gasteiger partial charge in [-0.1, -0.05) is 74.9 Å². The normalized spacial score (nSPS) is 18.5. The van der Waals surface area contributed by atoms with Crippen LogP contribution in [0.1, 0.15) is 92.7 Å². The van der Waals surface area contributed by atoms with Gasteiger partial charge in [0.25, 0.3) is 5.82 Å². The lowest BCUT2D eigenvalue weighted by atomic mass is 9.77. The number of rotatable bonds is 3. The Balaban J connectivity index is 1.49. The van der Waals surface area contributed by atoms with Crippen LogP contribution in [0.4, 0.5) is 0 Å². The average Bonchev–Trinajstić information content (AvgIpc) is 3.64. The van der Waals surface area contributed by atoms with E-state index in [1.54, 1.807) is 22.2 Å². The molecule has 8 rings (SSSR count). The maximum atomic E-state index is 2.63. The number of benzene rings is 3. The van der Waals surface area contributed by atoms with E-state index in [-0.39, 0.29) is 0 Å². The van der Waals surface area contributed by atoms with Crippen molar-refractivity contribution in [3.05, 3.63) is 83.7 Å². The molecule has 37 heavy (non-hydrogen) atoms. The zero-order chi connectivity index (χ0) is 24.3. The van der Waals surface area contributed by atoms with E-state index in [1.807, 2.05) is 11.3 Å². The minimum absolute atomic E-state index is 0.646. The van der Waals surface area contributed by atoms with Crippen LogP contribution in [-0.4, -0.2) is 4.57 Å². The zero-order valence-corrected chi connectivity index (χ0v) is 22.4. The highest BCUT2D eigenvalue weighted by atomic mass is 32.1. The second kappa shape index (κ2) is 8.84. The monoisotopic (exact) mass is 503 g/mol. The van der Waals surface area contributed by atoms with E-state index in [2.05, 4.69) is 76.1 Å². The molecule has 0 spiro atoms. The lowest BCUT2D eigenvalue weighted by Gasteiger charge is -2.29. The van der Waals surface area contributed by atoms with Gasteiger partial charge in [-0.3, -0.25) is 0 Å². The van der Waals surface area contributed by atoms with Crippen molar-refractivity contribution < 1.29 is 4.57 Å². The summed E-state index contributed by atoms with van der Waals surface area (Å²) in [6, 6.07) is 20.9. The summed E-state index contributed by atoms with van der Waals surface area (Å²) in [5, 5.41) is 3.03. The highest BCUT2D eigenvalue weighted by Gasteiger charge is 2.36. The van der Waals surface area contributed by atoms with E-state index < -0.39 is 0 Å². The minimum atomic E-state index is 0.646. The predicted octanol–water partition coefficient (Wildman–Crippen LogP) is 9.26. The molecule has 3 heterocycles. The van der Waals surface area contributed by atoms with Gasteiger partial charge in [-0.15, -0.1) is 11.3 Å². The Morgan fingerprint density at radius 2 is 1.49 bits per heavy atom. The van der Waals surface area contributed by atoms with E-state index in [0.717, 1.165) is 6.54 Å². The molecule has 1 aliphatic heterocycles. The lowest BCUT2D eigenvalue weighted by Crippen LogP contribution is -2.30. The molecule has 0 N–H and O–H groups in total. The fourth-order valence-corrected chi connectivity index (χ4v) is 8.96. The molecule has 0 unspecified atom stereocenters. The third kappa shape index (κ3) is 3.46. The van der Waals surface area contributed by atoms with Gasteiger partial charge in [0.1, 0.15) is 24.6 Å². The van der Waals surface area contributed by atoms with Crippen molar-refractivity contribution in [3.8, 4) is 17.1 Å². The molecule has 0 atom stereocenters. The van der Waals surface area contributed by atoms with E-state index in [0.29, 0.717) is 11.8 Å². The van der Waals surface area contributed by atoms with Gasteiger partial charge in [0.05, 0.1) is 5.56 Å². The minimum Gasteiger partial charge on any atom is -0.225 e. The Labute approximate surface area is 223 Å². The highest BCUT2D eigenvalue weighted by Crippen LogP contribution is 2.50. The number of nitrogens with zero attached hydrogens (tertiary/aromatic N) is 2. The molecule has 2 aromatic heterocycles. The second-order valence-corrected chi connectivity index (χ2v) is 12.7. The largest absolute Gasteiger partial charge is 0.294 e. The van der Waals surface area contributed by atoms with Gasteiger partial charge in [0.15, 0.2) is 0 Å². The Kier molecular flexibility index (Phi) is 5.28. The van der Waals surface area contributed by atoms with E-state index in [4.69, 9.17) is 0 Å². The highest BCUT2D eigenvalue weighted by molar-refractivity contribution is 7.25. The fraction of sp³-hybridized carbons (Fsp3) is 0.382. The van der Waals surface area contributed by atoms with E-state index in [1.165, 1.54) is 95.9 Å². The molecule has 0 radical (unpaired) electrons.